The maximum Gasteiger partial charge on any atom is 0.182 e. The number of hydrogen-bond acceptors (Lipinski definition) is 7. The van der Waals surface area contributed by atoms with Gasteiger partial charge in [0.1, 0.15) is 17.5 Å². The van der Waals surface area contributed by atoms with Crippen molar-refractivity contribution in [1.82, 2.24) is 34.9 Å². The number of nitrogens with one attached hydrogen (secondary N) is 1. The van der Waals surface area contributed by atoms with Crippen LogP contribution in [0.4, 0.5) is 5.82 Å². The van der Waals surface area contributed by atoms with E-state index in [1.807, 2.05) is 10.9 Å². The van der Waals surface area contributed by atoms with Crippen molar-refractivity contribution in [2.24, 2.45) is 0 Å². The number of anilines is 1. The molecule has 0 unspecified atom stereocenters. The number of aromatic amines is 1. The summed E-state index contributed by atoms with van der Waals surface area (Å²) in [5, 5.41) is 17.7. The zero-order valence-electron chi connectivity index (χ0n) is 12.8. The van der Waals surface area contributed by atoms with E-state index in [-0.39, 0.29) is 0 Å². The highest BCUT2D eigenvalue weighted by Crippen LogP contribution is 2.28. The standard InChI is InChI=1S/C14H18N8O/c1-9(23)11-6-22(20-19-11)10-2-4-21(5-3-10)14-12-13(16-7-15-12)17-8-18-14/h6-10,23H,2-5H2,1H3,(H,15,16,17,18)/t9-/m0/s1. The van der Waals surface area contributed by atoms with E-state index >= 15 is 0 Å². The predicted octanol–water partition coefficient (Wildman–Crippen LogP) is 0.839. The molecule has 4 heterocycles. The van der Waals surface area contributed by atoms with Gasteiger partial charge in [0, 0.05) is 13.1 Å². The summed E-state index contributed by atoms with van der Waals surface area (Å²) in [6.45, 7) is 3.45. The number of fused-ring (bicyclic) bond motifs is 1. The third-order valence-corrected chi connectivity index (χ3v) is 4.30. The van der Waals surface area contributed by atoms with Crippen molar-refractivity contribution in [2.75, 3.05) is 18.0 Å². The fourth-order valence-electron chi connectivity index (χ4n) is 2.99. The average molecular weight is 314 g/mol. The Morgan fingerprint density at radius 1 is 1.26 bits per heavy atom. The van der Waals surface area contributed by atoms with Crippen LogP contribution in [0.1, 0.15) is 37.6 Å². The summed E-state index contributed by atoms with van der Waals surface area (Å²) in [4.78, 5) is 18.1. The van der Waals surface area contributed by atoms with Crippen molar-refractivity contribution in [3.8, 4) is 0 Å². The first kappa shape index (κ1) is 14.1. The lowest BCUT2D eigenvalue weighted by atomic mass is 10.1. The van der Waals surface area contributed by atoms with Crippen molar-refractivity contribution in [3.63, 3.8) is 0 Å². The molecular weight excluding hydrogens is 296 g/mol. The molecule has 1 aliphatic rings. The zero-order valence-corrected chi connectivity index (χ0v) is 12.8. The molecule has 120 valence electrons. The molecule has 4 rings (SSSR count). The average Bonchev–Trinajstić information content (AvgIpc) is 3.24. The van der Waals surface area contributed by atoms with Crippen LogP contribution in [0, 0.1) is 0 Å². The van der Waals surface area contributed by atoms with Crippen molar-refractivity contribution in [3.05, 3.63) is 24.5 Å². The molecule has 0 aliphatic carbocycles. The van der Waals surface area contributed by atoms with Crippen LogP contribution in [0.15, 0.2) is 18.9 Å². The summed E-state index contributed by atoms with van der Waals surface area (Å²) in [6, 6.07) is 0.297. The van der Waals surface area contributed by atoms with Gasteiger partial charge in [-0.2, -0.15) is 0 Å². The van der Waals surface area contributed by atoms with Crippen LogP contribution in [-0.4, -0.2) is 53.1 Å². The minimum atomic E-state index is -0.585. The molecule has 0 spiro atoms. The van der Waals surface area contributed by atoms with Crippen LogP contribution >= 0.6 is 0 Å². The molecule has 1 fully saturated rings. The summed E-state index contributed by atoms with van der Waals surface area (Å²) < 4.78 is 1.87. The molecule has 23 heavy (non-hydrogen) atoms. The Bertz CT molecular complexity index is 802. The number of nitrogens with zero attached hydrogens (tertiary/aromatic N) is 7. The molecule has 9 heteroatoms. The van der Waals surface area contributed by atoms with E-state index in [2.05, 4.69) is 35.1 Å². The fraction of sp³-hybridized carbons (Fsp3) is 0.500. The number of imidazole rings is 1. The Balaban J connectivity index is 1.49. The van der Waals surface area contributed by atoms with E-state index in [0.29, 0.717) is 17.4 Å². The maximum absolute atomic E-state index is 9.56. The number of aromatic nitrogens is 7. The van der Waals surface area contributed by atoms with Gasteiger partial charge in [0.15, 0.2) is 11.5 Å². The molecule has 1 atom stereocenters. The lowest BCUT2D eigenvalue weighted by Crippen LogP contribution is -2.35. The summed E-state index contributed by atoms with van der Waals surface area (Å²) in [5.41, 5.74) is 2.18. The van der Waals surface area contributed by atoms with Gasteiger partial charge >= 0.3 is 0 Å². The van der Waals surface area contributed by atoms with Crippen LogP contribution < -0.4 is 4.90 Å². The minimum absolute atomic E-state index is 0.297. The second kappa shape index (κ2) is 5.58. The van der Waals surface area contributed by atoms with Crippen LogP contribution in [-0.2, 0) is 0 Å². The molecule has 0 radical (unpaired) electrons. The van der Waals surface area contributed by atoms with Crippen LogP contribution in [0.3, 0.4) is 0 Å². The van der Waals surface area contributed by atoms with E-state index in [1.165, 1.54) is 0 Å². The lowest BCUT2D eigenvalue weighted by Gasteiger charge is -2.32. The molecule has 3 aromatic heterocycles. The number of piperidine rings is 1. The molecule has 9 nitrogen and oxygen atoms in total. The van der Waals surface area contributed by atoms with Gasteiger partial charge in [-0.15, -0.1) is 5.10 Å². The van der Waals surface area contributed by atoms with Gasteiger partial charge in [-0.05, 0) is 19.8 Å². The first-order valence-corrected chi connectivity index (χ1v) is 7.71. The second-order valence-electron chi connectivity index (χ2n) is 5.82. The monoisotopic (exact) mass is 314 g/mol. The number of hydrogen-bond donors (Lipinski definition) is 2. The van der Waals surface area contributed by atoms with Crippen LogP contribution in [0.2, 0.25) is 0 Å². The third-order valence-electron chi connectivity index (χ3n) is 4.30. The van der Waals surface area contributed by atoms with Crippen LogP contribution in [0.5, 0.6) is 0 Å². The van der Waals surface area contributed by atoms with Gasteiger partial charge < -0.3 is 15.0 Å². The number of rotatable bonds is 3. The molecule has 1 saturated heterocycles. The highest BCUT2D eigenvalue weighted by atomic mass is 16.3. The van der Waals surface area contributed by atoms with E-state index in [0.717, 1.165) is 37.3 Å². The first-order valence-electron chi connectivity index (χ1n) is 7.71. The zero-order chi connectivity index (χ0) is 15.8. The van der Waals surface area contributed by atoms with Gasteiger partial charge in [0.25, 0.3) is 0 Å². The van der Waals surface area contributed by atoms with E-state index in [1.54, 1.807) is 19.6 Å². The van der Waals surface area contributed by atoms with E-state index in [4.69, 9.17) is 0 Å². The molecule has 1 aliphatic heterocycles. The van der Waals surface area contributed by atoms with Gasteiger partial charge in [-0.1, -0.05) is 5.21 Å². The predicted molar refractivity (Wildman–Crippen MR) is 82.8 cm³/mol. The molecule has 2 N–H and O–H groups in total. The summed E-state index contributed by atoms with van der Waals surface area (Å²) in [7, 11) is 0. The molecular formula is C14H18N8O. The largest absolute Gasteiger partial charge is 0.387 e. The minimum Gasteiger partial charge on any atom is -0.387 e. The lowest BCUT2D eigenvalue weighted by molar-refractivity contribution is 0.194. The van der Waals surface area contributed by atoms with E-state index < -0.39 is 6.10 Å². The number of aliphatic hydroxyl groups is 1. The highest BCUT2D eigenvalue weighted by molar-refractivity contribution is 5.82. The molecule has 3 aromatic rings. The highest BCUT2D eigenvalue weighted by Gasteiger charge is 2.24. The van der Waals surface area contributed by atoms with Crippen molar-refractivity contribution >= 4 is 17.0 Å². The quantitative estimate of drug-likeness (QED) is 0.737. The van der Waals surface area contributed by atoms with Gasteiger partial charge in [-0.25, -0.2) is 19.6 Å². The Labute approximate surface area is 132 Å². The molecule has 0 amide bonds. The second-order valence-corrected chi connectivity index (χ2v) is 5.82. The van der Waals surface area contributed by atoms with E-state index in [9.17, 15) is 5.11 Å². The topological polar surface area (TPSA) is 109 Å². The van der Waals surface area contributed by atoms with Gasteiger partial charge in [0.2, 0.25) is 0 Å². The Kier molecular flexibility index (Phi) is 3.41. The fourth-order valence-corrected chi connectivity index (χ4v) is 2.99. The first-order chi connectivity index (χ1) is 11.2. The molecule has 0 aromatic carbocycles. The summed E-state index contributed by atoms with van der Waals surface area (Å²) in [5.74, 6) is 0.897. The molecule has 0 saturated carbocycles. The van der Waals surface area contributed by atoms with Crippen molar-refractivity contribution < 1.29 is 5.11 Å². The Morgan fingerprint density at radius 2 is 2.09 bits per heavy atom. The Hall–Kier alpha value is -2.55. The Morgan fingerprint density at radius 3 is 2.83 bits per heavy atom. The number of H-pyrrole nitrogens is 1. The smallest absolute Gasteiger partial charge is 0.182 e. The van der Waals surface area contributed by atoms with Crippen molar-refractivity contribution in [1.29, 1.82) is 0 Å². The van der Waals surface area contributed by atoms with Crippen LogP contribution in [0.25, 0.3) is 11.2 Å². The number of aliphatic hydroxyl groups excluding tert-OH is 1. The van der Waals surface area contributed by atoms with Gasteiger partial charge in [-0.3, -0.25) is 0 Å². The molecule has 0 bridgehead atoms. The summed E-state index contributed by atoms with van der Waals surface area (Å²) in [6.07, 6.45) is 6.34. The maximum atomic E-state index is 9.56. The van der Waals surface area contributed by atoms with Crippen molar-refractivity contribution in [2.45, 2.75) is 31.9 Å². The normalized spacial score (nSPS) is 17.7. The summed E-state index contributed by atoms with van der Waals surface area (Å²) >= 11 is 0. The third kappa shape index (κ3) is 2.52. The van der Waals surface area contributed by atoms with Gasteiger partial charge in [0.05, 0.1) is 24.7 Å². The SMILES string of the molecule is C[C@H](O)c1cn(C2CCN(c3ncnc4nc[nH]c34)CC2)nn1.